The molecule has 0 saturated heterocycles. The van der Waals surface area contributed by atoms with E-state index in [2.05, 4.69) is 6.58 Å². The van der Waals surface area contributed by atoms with E-state index in [9.17, 15) is 24.9 Å². The largest absolute Gasteiger partial charge is 0.507 e. The zero-order valence-corrected chi connectivity index (χ0v) is 16.3. The van der Waals surface area contributed by atoms with Gasteiger partial charge < -0.3 is 15.3 Å². The molecule has 0 fully saturated rings. The van der Waals surface area contributed by atoms with Crippen LogP contribution in [0.4, 0.5) is 0 Å². The van der Waals surface area contributed by atoms with Crippen molar-refractivity contribution in [2.45, 2.75) is 19.3 Å². The van der Waals surface area contributed by atoms with E-state index in [0.29, 0.717) is 41.2 Å². The summed E-state index contributed by atoms with van der Waals surface area (Å²) in [6.45, 7) is 3.76. The highest BCUT2D eigenvalue weighted by Crippen LogP contribution is 2.34. The average molecular weight is 402 g/mol. The molecule has 152 valence electrons. The first-order valence-corrected chi connectivity index (χ1v) is 9.45. The summed E-state index contributed by atoms with van der Waals surface area (Å²) in [4.78, 5) is 22.2. The summed E-state index contributed by atoms with van der Waals surface area (Å²) in [5, 5.41) is 31.5. The van der Waals surface area contributed by atoms with Gasteiger partial charge in [0.1, 0.15) is 17.2 Å². The first kappa shape index (κ1) is 20.9. The van der Waals surface area contributed by atoms with Gasteiger partial charge in [-0.1, -0.05) is 42.5 Å². The molecule has 0 aromatic heterocycles. The molecular formula is C25H22O5. The average Bonchev–Trinajstić information content (AvgIpc) is 2.74. The van der Waals surface area contributed by atoms with E-state index in [-0.39, 0.29) is 41.2 Å². The van der Waals surface area contributed by atoms with Crippen LogP contribution >= 0.6 is 0 Å². The summed E-state index contributed by atoms with van der Waals surface area (Å²) in [5.41, 5.74) is 3.47. The summed E-state index contributed by atoms with van der Waals surface area (Å²) in [6.07, 6.45) is 3.92. The standard InChI is InChI=1S/C25H22O5/c1-2-5-16-10-21(12-17-6-3-8-19(14-26)23(17)28)25(30)22(11-16)13-18-7-4-9-20(15-27)24(18)29/h2-4,6-11,14-15,28-30H,1,5,12-13H2. The SMILES string of the molecule is C=CCc1cc(Cc2cccc(C=O)c2O)c(O)c(Cc2cccc(C=O)c2O)c1. The van der Waals surface area contributed by atoms with Crippen molar-refractivity contribution in [1.82, 2.24) is 0 Å². The van der Waals surface area contributed by atoms with Crippen LogP contribution in [0.25, 0.3) is 0 Å². The van der Waals surface area contributed by atoms with Gasteiger partial charge in [0, 0.05) is 12.8 Å². The van der Waals surface area contributed by atoms with Gasteiger partial charge in [0.05, 0.1) is 11.1 Å². The predicted molar refractivity (Wildman–Crippen MR) is 115 cm³/mol. The van der Waals surface area contributed by atoms with E-state index >= 15 is 0 Å². The Morgan fingerprint density at radius 2 is 1.17 bits per heavy atom. The molecule has 0 aliphatic rings. The van der Waals surface area contributed by atoms with Crippen molar-refractivity contribution in [1.29, 1.82) is 0 Å². The lowest BCUT2D eigenvalue weighted by Crippen LogP contribution is -1.99. The molecule has 0 saturated carbocycles. The van der Waals surface area contributed by atoms with Crippen molar-refractivity contribution in [3.8, 4) is 17.2 Å². The van der Waals surface area contributed by atoms with E-state index in [1.807, 2.05) is 12.1 Å². The molecule has 0 unspecified atom stereocenters. The van der Waals surface area contributed by atoms with Crippen LogP contribution in [0, 0.1) is 0 Å². The summed E-state index contributed by atoms with van der Waals surface area (Å²) < 4.78 is 0. The molecule has 0 radical (unpaired) electrons. The first-order chi connectivity index (χ1) is 14.5. The molecule has 0 amide bonds. The lowest BCUT2D eigenvalue weighted by atomic mass is 9.92. The lowest BCUT2D eigenvalue weighted by molar-refractivity contribution is 0.111. The van der Waals surface area contributed by atoms with E-state index < -0.39 is 0 Å². The number of phenols is 3. The van der Waals surface area contributed by atoms with Gasteiger partial charge in [0.15, 0.2) is 12.6 Å². The van der Waals surface area contributed by atoms with Crippen LogP contribution in [0.2, 0.25) is 0 Å². The fourth-order valence-electron chi connectivity index (χ4n) is 3.49. The maximum Gasteiger partial charge on any atom is 0.153 e. The Balaban J connectivity index is 2.05. The van der Waals surface area contributed by atoms with Gasteiger partial charge in [-0.2, -0.15) is 0 Å². The minimum Gasteiger partial charge on any atom is -0.507 e. The summed E-state index contributed by atoms with van der Waals surface area (Å²) in [6, 6.07) is 13.4. The molecular weight excluding hydrogens is 380 g/mol. The second-order valence-corrected chi connectivity index (χ2v) is 7.05. The summed E-state index contributed by atoms with van der Waals surface area (Å²) in [7, 11) is 0. The molecule has 3 N–H and O–H groups in total. The fourth-order valence-corrected chi connectivity index (χ4v) is 3.49. The molecule has 0 spiro atoms. The monoisotopic (exact) mass is 402 g/mol. The number of para-hydroxylation sites is 2. The third-order valence-electron chi connectivity index (χ3n) is 5.02. The predicted octanol–water partition coefficient (Wildman–Crippen LogP) is 4.34. The number of aldehydes is 2. The van der Waals surface area contributed by atoms with Crippen molar-refractivity contribution in [3.05, 3.63) is 100 Å². The van der Waals surface area contributed by atoms with Gasteiger partial charge in [-0.05, 0) is 46.4 Å². The Morgan fingerprint density at radius 3 is 1.57 bits per heavy atom. The molecule has 0 aliphatic carbocycles. The third-order valence-corrected chi connectivity index (χ3v) is 5.02. The highest BCUT2D eigenvalue weighted by molar-refractivity contribution is 5.80. The normalized spacial score (nSPS) is 10.5. The molecule has 3 rings (SSSR count). The Hall–Kier alpha value is -3.86. The van der Waals surface area contributed by atoms with Crippen LogP contribution in [-0.4, -0.2) is 27.9 Å². The number of carbonyl (C=O) groups is 2. The van der Waals surface area contributed by atoms with E-state index in [4.69, 9.17) is 0 Å². The molecule has 0 bridgehead atoms. The van der Waals surface area contributed by atoms with Crippen molar-refractivity contribution >= 4 is 12.6 Å². The van der Waals surface area contributed by atoms with Crippen LogP contribution in [-0.2, 0) is 19.3 Å². The second kappa shape index (κ2) is 9.09. The number of allylic oxidation sites excluding steroid dienone is 1. The summed E-state index contributed by atoms with van der Waals surface area (Å²) >= 11 is 0. The van der Waals surface area contributed by atoms with Gasteiger partial charge in [0.2, 0.25) is 0 Å². The van der Waals surface area contributed by atoms with Gasteiger partial charge >= 0.3 is 0 Å². The number of hydrogen-bond acceptors (Lipinski definition) is 5. The van der Waals surface area contributed by atoms with Crippen LogP contribution in [0.3, 0.4) is 0 Å². The maximum absolute atomic E-state index is 11.1. The zero-order valence-electron chi connectivity index (χ0n) is 16.3. The van der Waals surface area contributed by atoms with Crippen LogP contribution in [0.15, 0.2) is 61.2 Å². The number of hydrogen-bond donors (Lipinski definition) is 3. The maximum atomic E-state index is 11.1. The van der Waals surface area contributed by atoms with Crippen molar-refractivity contribution < 1.29 is 24.9 Å². The molecule has 0 heterocycles. The first-order valence-electron chi connectivity index (χ1n) is 9.45. The van der Waals surface area contributed by atoms with Crippen LogP contribution in [0.1, 0.15) is 48.5 Å². The highest BCUT2D eigenvalue weighted by atomic mass is 16.3. The molecule has 30 heavy (non-hydrogen) atoms. The second-order valence-electron chi connectivity index (χ2n) is 7.05. The smallest absolute Gasteiger partial charge is 0.153 e. The molecule has 0 aliphatic heterocycles. The Labute approximate surface area is 174 Å². The minimum absolute atomic E-state index is 0.0367. The van der Waals surface area contributed by atoms with Crippen molar-refractivity contribution in [2.24, 2.45) is 0 Å². The molecule has 3 aromatic rings. The Bertz CT molecular complexity index is 1030. The molecule has 0 atom stereocenters. The number of benzene rings is 3. The van der Waals surface area contributed by atoms with Gasteiger partial charge in [-0.3, -0.25) is 9.59 Å². The van der Waals surface area contributed by atoms with Gasteiger partial charge in [0.25, 0.3) is 0 Å². The van der Waals surface area contributed by atoms with Gasteiger partial charge in [-0.15, -0.1) is 6.58 Å². The van der Waals surface area contributed by atoms with Crippen LogP contribution in [0.5, 0.6) is 17.2 Å². The number of aromatic hydroxyl groups is 3. The third kappa shape index (κ3) is 4.25. The number of rotatable bonds is 8. The van der Waals surface area contributed by atoms with Crippen molar-refractivity contribution in [3.63, 3.8) is 0 Å². The minimum atomic E-state index is -0.112. The quantitative estimate of drug-likeness (QED) is 0.385. The topological polar surface area (TPSA) is 94.8 Å². The van der Waals surface area contributed by atoms with E-state index in [1.54, 1.807) is 30.3 Å². The molecule has 3 aromatic carbocycles. The van der Waals surface area contributed by atoms with Gasteiger partial charge in [-0.25, -0.2) is 0 Å². The summed E-state index contributed by atoms with van der Waals surface area (Å²) in [5.74, 6) is -0.188. The fraction of sp³-hybridized carbons (Fsp3) is 0.120. The van der Waals surface area contributed by atoms with E-state index in [1.165, 1.54) is 12.1 Å². The van der Waals surface area contributed by atoms with E-state index in [0.717, 1.165) is 5.56 Å². The zero-order chi connectivity index (χ0) is 21.7. The number of carbonyl (C=O) groups excluding carboxylic acids is 2. The molecule has 5 nitrogen and oxygen atoms in total. The lowest BCUT2D eigenvalue weighted by Gasteiger charge is -2.15. The van der Waals surface area contributed by atoms with Crippen molar-refractivity contribution in [2.75, 3.05) is 0 Å². The Kier molecular flexibility index (Phi) is 6.32. The highest BCUT2D eigenvalue weighted by Gasteiger charge is 2.16. The Morgan fingerprint density at radius 1 is 0.700 bits per heavy atom. The molecule has 5 heteroatoms. The van der Waals surface area contributed by atoms with Crippen LogP contribution < -0.4 is 0 Å². The number of phenolic OH excluding ortho intramolecular Hbond substituents is 3.